The summed E-state index contributed by atoms with van der Waals surface area (Å²) in [5.41, 5.74) is 6.69. The lowest BCUT2D eigenvalue weighted by molar-refractivity contribution is -0.113. The van der Waals surface area contributed by atoms with E-state index in [1.54, 1.807) is 12.3 Å². The number of carbonyl (C=O) groups is 1. The number of nitrogen functional groups attached to an aromatic ring is 1. The van der Waals surface area contributed by atoms with E-state index in [2.05, 4.69) is 26.0 Å². The summed E-state index contributed by atoms with van der Waals surface area (Å²) in [7, 11) is 0. The van der Waals surface area contributed by atoms with Gasteiger partial charge in [-0.1, -0.05) is 60.3 Å². The summed E-state index contributed by atoms with van der Waals surface area (Å²) in [5, 5.41) is 15.3. The van der Waals surface area contributed by atoms with E-state index in [1.807, 2.05) is 68.5 Å². The van der Waals surface area contributed by atoms with Gasteiger partial charge in [-0.25, -0.2) is 10.1 Å². The number of benzene rings is 2. The molecule has 3 rings (SSSR count). The number of rotatable bonds is 8. The summed E-state index contributed by atoms with van der Waals surface area (Å²) in [6, 6.07) is 15.8. The molecule has 0 aliphatic rings. The molecule has 0 atom stereocenters. The third kappa shape index (κ3) is 5.95. The quantitative estimate of drug-likeness (QED) is 0.222. The molecular formula is C21H23N7OS. The fourth-order valence-electron chi connectivity index (χ4n) is 2.49. The number of anilines is 2. The van der Waals surface area contributed by atoms with Gasteiger partial charge in [0.1, 0.15) is 0 Å². The first kappa shape index (κ1) is 21.1. The number of thioether (sulfide) groups is 1. The zero-order valence-electron chi connectivity index (χ0n) is 16.7. The molecule has 9 heteroatoms. The van der Waals surface area contributed by atoms with Crippen molar-refractivity contribution in [3.63, 3.8) is 0 Å². The van der Waals surface area contributed by atoms with Crippen LogP contribution in [0.25, 0.3) is 6.08 Å². The molecule has 0 spiro atoms. The number of nitrogens with one attached hydrogen (secondary N) is 2. The topological polar surface area (TPSA) is 110 Å². The lowest BCUT2D eigenvalue weighted by Gasteiger charge is -2.09. The van der Waals surface area contributed by atoms with E-state index in [-0.39, 0.29) is 17.6 Å². The standard InChI is InChI=1S/C21H23N7OS/c1-15-10-11-16(2)18(13-15)24-19(29)14-30-21-27-26-20(28(21)22)25-23-12-6-9-17-7-4-3-5-8-17/h3-13H,14,22H2,1-2H3,(H,24,29)(H,25,26)/b9-6+,23-12+. The van der Waals surface area contributed by atoms with Gasteiger partial charge in [0.05, 0.1) is 5.75 Å². The van der Waals surface area contributed by atoms with Crippen LogP contribution < -0.4 is 16.6 Å². The molecule has 0 aliphatic carbocycles. The normalized spacial score (nSPS) is 11.3. The number of hydrogen-bond donors (Lipinski definition) is 3. The summed E-state index contributed by atoms with van der Waals surface area (Å²) in [6.07, 6.45) is 5.31. The van der Waals surface area contributed by atoms with Gasteiger partial charge in [-0.2, -0.15) is 5.10 Å². The third-order valence-electron chi connectivity index (χ3n) is 4.08. The van der Waals surface area contributed by atoms with Gasteiger partial charge in [-0.15, -0.1) is 10.2 Å². The van der Waals surface area contributed by atoms with E-state index in [9.17, 15) is 4.79 Å². The molecule has 1 heterocycles. The van der Waals surface area contributed by atoms with E-state index in [0.29, 0.717) is 5.16 Å². The van der Waals surface area contributed by atoms with Gasteiger partial charge >= 0.3 is 0 Å². The van der Waals surface area contributed by atoms with Gasteiger partial charge in [0.15, 0.2) is 0 Å². The van der Waals surface area contributed by atoms with E-state index >= 15 is 0 Å². The van der Waals surface area contributed by atoms with Crippen molar-refractivity contribution < 1.29 is 4.79 Å². The highest BCUT2D eigenvalue weighted by molar-refractivity contribution is 7.99. The second kappa shape index (κ2) is 10.3. The Morgan fingerprint density at radius 1 is 1.20 bits per heavy atom. The smallest absolute Gasteiger partial charge is 0.264 e. The highest BCUT2D eigenvalue weighted by Gasteiger charge is 2.12. The summed E-state index contributed by atoms with van der Waals surface area (Å²) in [5.74, 6) is 6.27. The Morgan fingerprint density at radius 3 is 2.80 bits per heavy atom. The summed E-state index contributed by atoms with van der Waals surface area (Å²) in [6.45, 7) is 3.93. The van der Waals surface area contributed by atoms with E-state index in [1.165, 1.54) is 16.4 Å². The maximum atomic E-state index is 12.3. The van der Waals surface area contributed by atoms with Crippen LogP contribution >= 0.6 is 11.8 Å². The van der Waals surface area contributed by atoms with Crippen LogP contribution in [-0.2, 0) is 4.79 Å². The van der Waals surface area contributed by atoms with Crippen LogP contribution in [0.15, 0.2) is 64.9 Å². The fraction of sp³-hybridized carbons (Fsp3) is 0.143. The molecule has 0 unspecified atom stereocenters. The molecule has 0 saturated heterocycles. The maximum Gasteiger partial charge on any atom is 0.264 e. The first-order chi connectivity index (χ1) is 14.5. The summed E-state index contributed by atoms with van der Waals surface area (Å²) < 4.78 is 1.26. The molecule has 0 radical (unpaired) electrons. The molecular weight excluding hydrogens is 398 g/mol. The van der Waals surface area contributed by atoms with Crippen molar-refractivity contribution in [1.82, 2.24) is 14.9 Å². The Hall–Kier alpha value is -3.59. The monoisotopic (exact) mass is 421 g/mol. The lowest BCUT2D eigenvalue weighted by Crippen LogP contribution is -2.17. The predicted octanol–water partition coefficient (Wildman–Crippen LogP) is 3.45. The molecule has 0 bridgehead atoms. The second-order valence-corrected chi connectivity index (χ2v) is 7.43. The van der Waals surface area contributed by atoms with E-state index < -0.39 is 0 Å². The van der Waals surface area contributed by atoms with Gasteiger partial charge in [-0.05, 0) is 42.7 Å². The van der Waals surface area contributed by atoms with Crippen molar-refractivity contribution >= 4 is 41.6 Å². The average Bonchev–Trinajstić information content (AvgIpc) is 3.09. The van der Waals surface area contributed by atoms with Crippen molar-refractivity contribution in [1.29, 1.82) is 0 Å². The molecule has 3 aromatic rings. The molecule has 0 aliphatic heterocycles. The van der Waals surface area contributed by atoms with Crippen LogP contribution in [0.5, 0.6) is 0 Å². The number of amides is 1. The zero-order chi connectivity index (χ0) is 21.3. The van der Waals surface area contributed by atoms with Crippen molar-refractivity contribution in [2.24, 2.45) is 5.10 Å². The van der Waals surface area contributed by atoms with Crippen LogP contribution in [0.2, 0.25) is 0 Å². The van der Waals surface area contributed by atoms with Gasteiger partial charge in [0.2, 0.25) is 11.1 Å². The lowest BCUT2D eigenvalue weighted by atomic mass is 10.1. The third-order valence-corrected chi connectivity index (χ3v) is 5.02. The minimum absolute atomic E-state index is 0.143. The van der Waals surface area contributed by atoms with Gasteiger partial charge < -0.3 is 11.2 Å². The number of aromatic nitrogens is 3. The Morgan fingerprint density at radius 2 is 2.00 bits per heavy atom. The van der Waals surface area contributed by atoms with Crippen LogP contribution in [-0.4, -0.2) is 32.7 Å². The van der Waals surface area contributed by atoms with Crippen LogP contribution in [0.1, 0.15) is 16.7 Å². The van der Waals surface area contributed by atoms with Crippen molar-refractivity contribution in [2.75, 3.05) is 22.3 Å². The molecule has 1 aromatic heterocycles. The zero-order valence-corrected chi connectivity index (χ0v) is 17.6. The first-order valence-electron chi connectivity index (χ1n) is 9.24. The second-order valence-electron chi connectivity index (χ2n) is 6.49. The molecule has 4 N–H and O–H groups in total. The minimum Gasteiger partial charge on any atom is -0.334 e. The molecule has 2 aromatic carbocycles. The van der Waals surface area contributed by atoms with Gasteiger partial charge in [0, 0.05) is 11.9 Å². The Balaban J connectivity index is 1.50. The minimum atomic E-state index is -0.143. The number of nitrogens with two attached hydrogens (primary N) is 1. The largest absolute Gasteiger partial charge is 0.334 e. The van der Waals surface area contributed by atoms with Crippen molar-refractivity contribution in [3.8, 4) is 0 Å². The maximum absolute atomic E-state index is 12.3. The number of aryl methyl sites for hydroxylation is 2. The predicted molar refractivity (Wildman–Crippen MR) is 123 cm³/mol. The van der Waals surface area contributed by atoms with Crippen LogP contribution in [0, 0.1) is 13.8 Å². The van der Waals surface area contributed by atoms with Crippen molar-refractivity contribution in [2.45, 2.75) is 19.0 Å². The molecule has 30 heavy (non-hydrogen) atoms. The van der Waals surface area contributed by atoms with Gasteiger partial charge in [-0.3, -0.25) is 4.79 Å². The van der Waals surface area contributed by atoms with Gasteiger partial charge in [0.25, 0.3) is 5.95 Å². The Bertz CT molecular complexity index is 1060. The summed E-state index contributed by atoms with van der Waals surface area (Å²) in [4.78, 5) is 12.3. The molecule has 154 valence electrons. The SMILES string of the molecule is Cc1ccc(C)c(NC(=O)CSc2nnc(N/N=C/C=C/c3ccccc3)n2N)c1. The molecule has 8 nitrogen and oxygen atoms in total. The molecule has 0 fully saturated rings. The highest BCUT2D eigenvalue weighted by Crippen LogP contribution is 2.19. The number of allylic oxidation sites excluding steroid dienone is 1. The Kier molecular flexibility index (Phi) is 7.23. The van der Waals surface area contributed by atoms with Crippen LogP contribution in [0.4, 0.5) is 11.6 Å². The van der Waals surface area contributed by atoms with Crippen molar-refractivity contribution in [3.05, 3.63) is 71.3 Å². The fourth-order valence-corrected chi connectivity index (χ4v) is 3.15. The van der Waals surface area contributed by atoms with E-state index in [4.69, 9.17) is 5.84 Å². The Labute approximate surface area is 179 Å². The first-order valence-corrected chi connectivity index (χ1v) is 10.2. The van der Waals surface area contributed by atoms with E-state index in [0.717, 1.165) is 22.4 Å². The summed E-state index contributed by atoms with van der Waals surface area (Å²) >= 11 is 1.19. The number of hydrazone groups is 1. The number of nitrogens with zero attached hydrogens (tertiary/aromatic N) is 4. The highest BCUT2D eigenvalue weighted by atomic mass is 32.2. The molecule has 0 saturated carbocycles. The van der Waals surface area contributed by atoms with Crippen LogP contribution in [0.3, 0.4) is 0 Å². The average molecular weight is 422 g/mol. The number of hydrogen-bond acceptors (Lipinski definition) is 7. The molecule has 1 amide bonds. The number of carbonyl (C=O) groups excluding carboxylic acids is 1.